The quantitative estimate of drug-likeness (QED) is 0.317. The summed E-state index contributed by atoms with van der Waals surface area (Å²) in [5, 5.41) is 10.1. The van der Waals surface area contributed by atoms with Crippen molar-refractivity contribution in [2.24, 2.45) is 7.05 Å². The van der Waals surface area contributed by atoms with Crippen molar-refractivity contribution in [3.8, 4) is 28.3 Å². The predicted octanol–water partition coefficient (Wildman–Crippen LogP) is 5.82. The Labute approximate surface area is 204 Å². The first-order chi connectivity index (χ1) is 15.2. The van der Waals surface area contributed by atoms with Gasteiger partial charge in [-0.1, -0.05) is 18.2 Å². The molecule has 0 aliphatic rings. The predicted molar refractivity (Wildman–Crippen MR) is 135 cm³/mol. The van der Waals surface area contributed by atoms with Crippen molar-refractivity contribution >= 4 is 35.7 Å². The third kappa shape index (κ3) is 5.13. The van der Waals surface area contributed by atoms with Gasteiger partial charge in [0.1, 0.15) is 23.7 Å². The molecule has 33 heavy (non-hydrogen) atoms. The maximum atomic E-state index is 6.01. The molecule has 0 bridgehead atoms. The van der Waals surface area contributed by atoms with Gasteiger partial charge in [0.05, 0.1) is 11.2 Å². The van der Waals surface area contributed by atoms with E-state index in [1.165, 1.54) is 0 Å². The van der Waals surface area contributed by atoms with E-state index in [0.717, 1.165) is 50.4 Å². The highest BCUT2D eigenvalue weighted by molar-refractivity contribution is 5.85. The van der Waals surface area contributed by atoms with Crippen LogP contribution in [0.1, 0.15) is 11.3 Å². The van der Waals surface area contributed by atoms with E-state index < -0.39 is 0 Å². The number of benzene rings is 2. The zero-order valence-electron chi connectivity index (χ0n) is 18.2. The van der Waals surface area contributed by atoms with E-state index in [1.807, 2.05) is 61.6 Å². The van der Waals surface area contributed by atoms with Crippen LogP contribution in [0, 0.1) is 6.92 Å². The molecule has 5 aromatic rings. The number of hydrogen-bond acceptors (Lipinski definition) is 5. The summed E-state index contributed by atoms with van der Waals surface area (Å²) < 4.78 is 6.01. The lowest BCUT2D eigenvalue weighted by molar-refractivity contribution is 0.300. The third-order valence-corrected chi connectivity index (χ3v) is 5.16. The van der Waals surface area contributed by atoms with Crippen molar-refractivity contribution in [2.45, 2.75) is 13.5 Å². The molecule has 3 aromatic heterocycles. The molecule has 8 heteroatoms. The van der Waals surface area contributed by atoms with E-state index in [9.17, 15) is 0 Å². The molecule has 5 rings (SSSR count). The molecular formula is C25H23Cl2N5O. The molecule has 0 unspecified atom stereocenters. The topological polar surface area (TPSA) is 65.7 Å². The van der Waals surface area contributed by atoms with Gasteiger partial charge in [0.2, 0.25) is 0 Å². The van der Waals surface area contributed by atoms with Crippen molar-refractivity contribution in [3.63, 3.8) is 0 Å². The smallest absolute Gasteiger partial charge is 0.134 e. The Morgan fingerprint density at radius 1 is 0.818 bits per heavy atom. The van der Waals surface area contributed by atoms with Crippen molar-refractivity contribution in [1.82, 2.24) is 25.0 Å². The number of rotatable bonds is 5. The Balaban J connectivity index is 0.00000153. The number of hydrogen-bond donors (Lipinski definition) is 0. The number of para-hydroxylation sites is 1. The Kier molecular flexibility index (Phi) is 7.63. The van der Waals surface area contributed by atoms with Gasteiger partial charge in [-0.25, -0.2) is 4.98 Å². The van der Waals surface area contributed by atoms with Crippen molar-refractivity contribution in [3.05, 3.63) is 90.4 Å². The normalized spacial score (nSPS) is 10.4. The zero-order chi connectivity index (χ0) is 21.2. The maximum Gasteiger partial charge on any atom is 0.134 e. The number of fused-ring (bicyclic) bond motifs is 1. The number of aryl methyl sites for hydroxylation is 2. The molecule has 0 saturated heterocycles. The highest BCUT2D eigenvalue weighted by atomic mass is 35.5. The molecule has 0 spiro atoms. The van der Waals surface area contributed by atoms with E-state index in [2.05, 4.69) is 34.2 Å². The fourth-order valence-corrected chi connectivity index (χ4v) is 3.65. The van der Waals surface area contributed by atoms with E-state index in [4.69, 9.17) is 9.72 Å². The van der Waals surface area contributed by atoms with Crippen LogP contribution in [-0.4, -0.2) is 25.0 Å². The third-order valence-electron chi connectivity index (χ3n) is 5.16. The largest absolute Gasteiger partial charge is 0.487 e. The number of pyridine rings is 2. The van der Waals surface area contributed by atoms with Gasteiger partial charge in [0.15, 0.2) is 0 Å². The number of aromatic nitrogens is 5. The molecule has 0 N–H and O–H groups in total. The second-order valence-electron chi connectivity index (χ2n) is 7.38. The van der Waals surface area contributed by atoms with E-state index in [0.29, 0.717) is 6.61 Å². The van der Waals surface area contributed by atoms with Gasteiger partial charge >= 0.3 is 0 Å². The van der Waals surface area contributed by atoms with Gasteiger partial charge in [-0.15, -0.1) is 24.8 Å². The van der Waals surface area contributed by atoms with Crippen LogP contribution in [0.4, 0.5) is 0 Å². The molecule has 0 aliphatic carbocycles. The van der Waals surface area contributed by atoms with Crippen LogP contribution in [0.25, 0.3) is 33.4 Å². The standard InChI is InChI=1S/C25H21N5O.2ClH/c1-17-15-20-5-3-4-6-22(20)27-24(17)18-7-9-21(10-8-18)31-16-23-25(29-30(2)28-23)19-11-13-26-14-12-19;;/h3-15H,16H2,1-2H3;2*1H. The van der Waals surface area contributed by atoms with Crippen molar-refractivity contribution in [2.75, 3.05) is 0 Å². The van der Waals surface area contributed by atoms with Gasteiger partial charge in [-0.2, -0.15) is 15.0 Å². The van der Waals surface area contributed by atoms with E-state index >= 15 is 0 Å². The van der Waals surface area contributed by atoms with Gasteiger partial charge in [0.25, 0.3) is 0 Å². The molecule has 0 radical (unpaired) electrons. The molecular weight excluding hydrogens is 457 g/mol. The van der Waals surface area contributed by atoms with Crippen LogP contribution in [0.5, 0.6) is 5.75 Å². The molecule has 3 heterocycles. The highest BCUT2D eigenvalue weighted by Crippen LogP contribution is 2.27. The average molecular weight is 480 g/mol. The molecule has 0 fully saturated rings. The van der Waals surface area contributed by atoms with Gasteiger partial charge in [0, 0.05) is 36.0 Å². The second-order valence-corrected chi connectivity index (χ2v) is 7.38. The van der Waals surface area contributed by atoms with E-state index in [-0.39, 0.29) is 24.8 Å². The average Bonchev–Trinajstić information content (AvgIpc) is 3.19. The highest BCUT2D eigenvalue weighted by Gasteiger charge is 2.13. The fraction of sp³-hybridized carbons (Fsp3) is 0.120. The van der Waals surface area contributed by atoms with Gasteiger partial charge in [-0.05, 0) is 61.0 Å². The summed E-state index contributed by atoms with van der Waals surface area (Å²) in [6.45, 7) is 2.42. The Morgan fingerprint density at radius 3 is 2.27 bits per heavy atom. The monoisotopic (exact) mass is 479 g/mol. The summed E-state index contributed by atoms with van der Waals surface area (Å²) in [5.41, 5.74) is 6.74. The summed E-state index contributed by atoms with van der Waals surface area (Å²) in [6, 6.07) is 22.2. The SMILES string of the molecule is Cc1cc2ccccc2nc1-c1ccc(OCc2nn(C)nc2-c2ccncc2)cc1.Cl.Cl. The molecule has 168 valence electrons. The summed E-state index contributed by atoms with van der Waals surface area (Å²) in [6.07, 6.45) is 3.49. The minimum absolute atomic E-state index is 0. The first-order valence-corrected chi connectivity index (χ1v) is 10.1. The molecule has 2 aromatic carbocycles. The first kappa shape index (κ1) is 24.2. The minimum atomic E-state index is 0. The Bertz CT molecular complexity index is 1350. The molecule has 0 saturated carbocycles. The minimum Gasteiger partial charge on any atom is -0.487 e. The number of nitrogens with zero attached hydrogens (tertiary/aromatic N) is 5. The summed E-state index contributed by atoms with van der Waals surface area (Å²) >= 11 is 0. The van der Waals surface area contributed by atoms with Crippen LogP contribution in [-0.2, 0) is 13.7 Å². The molecule has 0 atom stereocenters. The number of halogens is 2. The summed E-state index contributed by atoms with van der Waals surface area (Å²) in [5.74, 6) is 0.772. The van der Waals surface area contributed by atoms with E-state index in [1.54, 1.807) is 17.2 Å². The van der Waals surface area contributed by atoms with Crippen molar-refractivity contribution < 1.29 is 4.74 Å². The number of ether oxygens (including phenoxy) is 1. The molecule has 0 aliphatic heterocycles. The lowest BCUT2D eigenvalue weighted by atomic mass is 10.0. The maximum absolute atomic E-state index is 6.01. The van der Waals surface area contributed by atoms with Gasteiger partial charge < -0.3 is 4.74 Å². The van der Waals surface area contributed by atoms with Crippen LogP contribution in [0.2, 0.25) is 0 Å². The zero-order valence-corrected chi connectivity index (χ0v) is 19.8. The molecule has 0 amide bonds. The van der Waals surface area contributed by atoms with Gasteiger partial charge in [-0.3, -0.25) is 4.98 Å². The Hall–Kier alpha value is -3.48. The first-order valence-electron chi connectivity index (χ1n) is 10.1. The fourth-order valence-electron chi connectivity index (χ4n) is 3.65. The van der Waals surface area contributed by atoms with Crippen LogP contribution < -0.4 is 4.74 Å². The lowest BCUT2D eigenvalue weighted by Gasteiger charge is -2.09. The summed E-state index contributed by atoms with van der Waals surface area (Å²) in [7, 11) is 1.81. The molecule has 6 nitrogen and oxygen atoms in total. The lowest BCUT2D eigenvalue weighted by Crippen LogP contribution is -1.99. The van der Waals surface area contributed by atoms with Crippen LogP contribution >= 0.6 is 24.8 Å². The van der Waals surface area contributed by atoms with Crippen molar-refractivity contribution in [1.29, 1.82) is 0 Å². The van der Waals surface area contributed by atoms with Crippen LogP contribution in [0.15, 0.2) is 79.1 Å². The second kappa shape index (κ2) is 10.4. The van der Waals surface area contributed by atoms with Crippen LogP contribution in [0.3, 0.4) is 0 Å². The summed E-state index contributed by atoms with van der Waals surface area (Å²) in [4.78, 5) is 10.5. The Morgan fingerprint density at radius 2 is 1.52 bits per heavy atom.